The lowest BCUT2D eigenvalue weighted by molar-refractivity contribution is -0.917. The van der Waals surface area contributed by atoms with E-state index in [4.69, 9.17) is 0 Å². The molecule has 1 aromatic rings. The monoisotopic (exact) mass is 394 g/mol. The number of amides is 1. The van der Waals surface area contributed by atoms with Crippen LogP contribution >= 0.6 is 0 Å². The fraction of sp³-hybridized carbons (Fsp3) is 0.650. The molecule has 1 heterocycles. The number of piperazine rings is 1. The number of rotatable bonds is 5. The average molecular weight is 395 g/mol. The Bertz CT molecular complexity index is 730. The topological polar surface area (TPSA) is 70.9 Å². The quantitative estimate of drug-likeness (QED) is 0.771. The molecule has 1 saturated carbocycles. The molecule has 0 radical (unpaired) electrons. The van der Waals surface area contributed by atoms with E-state index in [2.05, 4.69) is 12.2 Å². The van der Waals surface area contributed by atoms with E-state index in [1.807, 2.05) is 13.0 Å². The molecule has 1 aliphatic carbocycles. The maximum Gasteiger partial charge on any atom is 0.278 e. The second kappa shape index (κ2) is 8.71. The fourth-order valence-corrected chi connectivity index (χ4v) is 5.67. The van der Waals surface area contributed by atoms with Gasteiger partial charge in [0.25, 0.3) is 5.91 Å². The van der Waals surface area contributed by atoms with Gasteiger partial charge < -0.3 is 10.2 Å². The van der Waals surface area contributed by atoms with Crippen LogP contribution in [0.1, 0.15) is 39.5 Å². The van der Waals surface area contributed by atoms with Crippen LogP contribution in [0.4, 0.5) is 0 Å². The molecule has 1 aromatic carbocycles. The Hall–Kier alpha value is -1.44. The fourth-order valence-electron chi connectivity index (χ4n) is 4.21. The summed E-state index contributed by atoms with van der Waals surface area (Å²) in [5, 5.41) is 3.24. The molecule has 27 heavy (non-hydrogen) atoms. The third-order valence-electron chi connectivity index (χ3n) is 6.19. The number of sulfonamides is 1. The minimum absolute atomic E-state index is 0.100. The highest BCUT2D eigenvalue weighted by atomic mass is 32.2. The molecule has 0 spiro atoms. The SMILES string of the molecule is C[C@@H]1CCCC[C@@H]1NC(=O)[C@@H](C)[NH+]1CCN(S(=O)(=O)c2ccccc2)CC1. The van der Waals surface area contributed by atoms with Crippen LogP contribution in [0, 0.1) is 5.92 Å². The maximum absolute atomic E-state index is 12.7. The standard InChI is InChI=1S/C20H31N3O3S/c1-16-8-6-7-11-19(16)21-20(24)17(2)22-12-14-23(15-13-22)27(25,26)18-9-4-3-5-10-18/h3-5,9-10,16-17,19H,6-8,11-15H2,1-2H3,(H,21,24)/p+1/t16-,17-,19+/m1/s1. The summed E-state index contributed by atoms with van der Waals surface area (Å²) in [6.07, 6.45) is 4.69. The van der Waals surface area contributed by atoms with Crippen molar-refractivity contribution in [1.82, 2.24) is 9.62 Å². The van der Waals surface area contributed by atoms with Gasteiger partial charge >= 0.3 is 0 Å². The number of hydrogen-bond acceptors (Lipinski definition) is 3. The van der Waals surface area contributed by atoms with Crippen LogP contribution in [0.2, 0.25) is 0 Å². The molecular weight excluding hydrogens is 362 g/mol. The zero-order chi connectivity index (χ0) is 19.4. The summed E-state index contributed by atoms with van der Waals surface area (Å²) in [6.45, 7) is 6.38. The molecule has 0 unspecified atom stereocenters. The summed E-state index contributed by atoms with van der Waals surface area (Å²) in [5.74, 6) is 0.640. The number of carbonyl (C=O) groups excluding carboxylic acids is 1. The molecular formula is C20H32N3O3S+. The van der Waals surface area contributed by atoms with E-state index in [0.29, 0.717) is 37.0 Å². The summed E-state index contributed by atoms with van der Waals surface area (Å²) in [6, 6.07) is 8.70. The van der Waals surface area contributed by atoms with Crippen molar-refractivity contribution in [2.75, 3.05) is 26.2 Å². The summed E-state index contributed by atoms with van der Waals surface area (Å²) < 4.78 is 27.0. The van der Waals surface area contributed by atoms with Crippen LogP contribution in [0.15, 0.2) is 35.2 Å². The largest absolute Gasteiger partial charge is 0.348 e. The number of quaternary nitrogens is 1. The average Bonchev–Trinajstić information content (AvgIpc) is 2.70. The van der Waals surface area contributed by atoms with Gasteiger partial charge in [0.1, 0.15) is 0 Å². The zero-order valence-electron chi connectivity index (χ0n) is 16.4. The minimum Gasteiger partial charge on any atom is -0.348 e. The van der Waals surface area contributed by atoms with Crippen LogP contribution < -0.4 is 10.2 Å². The Morgan fingerprint density at radius 3 is 2.41 bits per heavy atom. The second-order valence-electron chi connectivity index (χ2n) is 7.97. The van der Waals surface area contributed by atoms with Crippen LogP contribution in [0.5, 0.6) is 0 Å². The van der Waals surface area contributed by atoms with Gasteiger partial charge in [-0.3, -0.25) is 4.79 Å². The highest BCUT2D eigenvalue weighted by Gasteiger charge is 2.35. The molecule has 3 atom stereocenters. The minimum atomic E-state index is -3.44. The molecule has 6 nitrogen and oxygen atoms in total. The summed E-state index contributed by atoms with van der Waals surface area (Å²) in [4.78, 5) is 14.2. The highest BCUT2D eigenvalue weighted by molar-refractivity contribution is 7.89. The molecule has 1 saturated heterocycles. The van der Waals surface area contributed by atoms with Crippen LogP contribution in [0.25, 0.3) is 0 Å². The van der Waals surface area contributed by atoms with Gasteiger partial charge in [-0.1, -0.05) is 38.0 Å². The molecule has 0 aromatic heterocycles. The first kappa shape index (κ1) is 20.3. The van der Waals surface area contributed by atoms with E-state index in [1.165, 1.54) is 19.3 Å². The number of carbonyl (C=O) groups is 1. The van der Waals surface area contributed by atoms with Crippen molar-refractivity contribution in [1.29, 1.82) is 0 Å². The van der Waals surface area contributed by atoms with Crippen molar-refractivity contribution < 1.29 is 18.1 Å². The first-order valence-electron chi connectivity index (χ1n) is 10.1. The smallest absolute Gasteiger partial charge is 0.278 e. The lowest BCUT2D eigenvalue weighted by Crippen LogP contribution is -3.19. The van der Waals surface area contributed by atoms with Gasteiger partial charge in [0.05, 0.1) is 31.1 Å². The summed E-state index contributed by atoms with van der Waals surface area (Å²) in [5.41, 5.74) is 0. The van der Waals surface area contributed by atoms with E-state index in [1.54, 1.807) is 28.6 Å². The first-order chi connectivity index (χ1) is 12.9. The number of nitrogens with one attached hydrogen (secondary N) is 2. The normalized spacial score (nSPS) is 26.4. The van der Waals surface area contributed by atoms with Crippen molar-refractivity contribution in [3.63, 3.8) is 0 Å². The molecule has 3 rings (SSSR count). The maximum atomic E-state index is 12.7. The van der Waals surface area contributed by atoms with Gasteiger partial charge in [0.2, 0.25) is 10.0 Å². The molecule has 2 N–H and O–H groups in total. The molecule has 0 bridgehead atoms. The second-order valence-corrected chi connectivity index (χ2v) is 9.91. The highest BCUT2D eigenvalue weighted by Crippen LogP contribution is 2.23. The molecule has 1 amide bonds. The van der Waals surface area contributed by atoms with E-state index in [-0.39, 0.29) is 18.0 Å². The number of benzene rings is 1. The van der Waals surface area contributed by atoms with Crippen LogP contribution in [-0.2, 0) is 14.8 Å². The van der Waals surface area contributed by atoms with Gasteiger partial charge in [-0.05, 0) is 37.8 Å². The van der Waals surface area contributed by atoms with E-state index < -0.39 is 10.0 Å². The first-order valence-corrected chi connectivity index (χ1v) is 11.5. The lowest BCUT2D eigenvalue weighted by atomic mass is 9.86. The predicted octanol–water partition coefficient (Wildman–Crippen LogP) is 0.659. The summed E-state index contributed by atoms with van der Waals surface area (Å²) in [7, 11) is -3.44. The van der Waals surface area contributed by atoms with Gasteiger partial charge in [-0.15, -0.1) is 0 Å². The summed E-state index contributed by atoms with van der Waals surface area (Å²) >= 11 is 0. The van der Waals surface area contributed by atoms with Crippen LogP contribution in [0.3, 0.4) is 0 Å². The molecule has 7 heteroatoms. The Morgan fingerprint density at radius 2 is 1.78 bits per heavy atom. The van der Waals surface area contributed by atoms with Crippen molar-refractivity contribution >= 4 is 15.9 Å². The van der Waals surface area contributed by atoms with E-state index in [0.717, 1.165) is 11.3 Å². The van der Waals surface area contributed by atoms with Crippen LogP contribution in [-0.4, -0.2) is 56.9 Å². The van der Waals surface area contributed by atoms with Crippen molar-refractivity contribution in [3.05, 3.63) is 30.3 Å². The Morgan fingerprint density at radius 1 is 1.15 bits per heavy atom. The number of nitrogens with zero attached hydrogens (tertiary/aromatic N) is 1. The Balaban J connectivity index is 1.54. The number of hydrogen-bond donors (Lipinski definition) is 2. The molecule has 1 aliphatic heterocycles. The third-order valence-corrected chi connectivity index (χ3v) is 8.10. The molecule has 150 valence electrons. The lowest BCUT2D eigenvalue weighted by Gasteiger charge is -2.35. The van der Waals surface area contributed by atoms with E-state index >= 15 is 0 Å². The zero-order valence-corrected chi connectivity index (χ0v) is 17.2. The Kier molecular flexibility index (Phi) is 6.55. The van der Waals surface area contributed by atoms with Crippen molar-refractivity contribution in [3.8, 4) is 0 Å². The van der Waals surface area contributed by atoms with Crippen molar-refractivity contribution in [2.45, 2.75) is 56.5 Å². The molecule has 2 aliphatic rings. The van der Waals surface area contributed by atoms with Crippen molar-refractivity contribution in [2.24, 2.45) is 5.92 Å². The van der Waals surface area contributed by atoms with Gasteiger partial charge in [-0.25, -0.2) is 8.42 Å². The molecule has 2 fully saturated rings. The predicted molar refractivity (Wildman–Crippen MR) is 105 cm³/mol. The Labute approximate surface area is 163 Å². The van der Waals surface area contributed by atoms with Gasteiger partial charge in [-0.2, -0.15) is 4.31 Å². The van der Waals surface area contributed by atoms with Gasteiger partial charge in [0.15, 0.2) is 6.04 Å². The van der Waals surface area contributed by atoms with Gasteiger partial charge in [0, 0.05) is 6.04 Å². The van der Waals surface area contributed by atoms with E-state index in [9.17, 15) is 13.2 Å². The third kappa shape index (κ3) is 4.70.